The Kier molecular flexibility index (Phi) is 3.10. The van der Waals surface area contributed by atoms with Gasteiger partial charge in [0.15, 0.2) is 0 Å². The van der Waals surface area contributed by atoms with Crippen molar-refractivity contribution in [1.29, 1.82) is 0 Å². The molecule has 0 saturated heterocycles. The molecule has 4 rings (SSSR count). The maximum atomic E-state index is 6.42. The van der Waals surface area contributed by atoms with Crippen molar-refractivity contribution in [2.24, 2.45) is 12.8 Å². The van der Waals surface area contributed by atoms with Gasteiger partial charge in [-0.15, -0.1) is 0 Å². The van der Waals surface area contributed by atoms with E-state index in [4.69, 9.17) is 22.1 Å². The number of halogens is 1. The van der Waals surface area contributed by atoms with Crippen molar-refractivity contribution in [2.75, 3.05) is 6.54 Å². The fraction of sp³-hybridized carbons (Fsp3) is 0.235. The largest absolute Gasteiger partial charge is 0.488 e. The fourth-order valence-corrected chi connectivity index (χ4v) is 3.37. The number of nitrogens with zero attached hydrogens (tertiary/aromatic N) is 2. The zero-order valence-electron chi connectivity index (χ0n) is 12.2. The number of hydrogen-bond donors (Lipinski definition) is 1. The summed E-state index contributed by atoms with van der Waals surface area (Å²) >= 11 is 6.42. The molecule has 3 aromatic rings. The lowest BCUT2D eigenvalue weighted by molar-refractivity contribution is 0.242. The van der Waals surface area contributed by atoms with E-state index in [9.17, 15) is 0 Å². The molecule has 0 amide bonds. The molecule has 112 valence electrons. The van der Waals surface area contributed by atoms with Gasteiger partial charge in [0.1, 0.15) is 17.5 Å². The van der Waals surface area contributed by atoms with E-state index in [1.54, 1.807) is 0 Å². The first-order valence-electron chi connectivity index (χ1n) is 7.29. The van der Waals surface area contributed by atoms with Crippen LogP contribution in [0.1, 0.15) is 5.56 Å². The zero-order chi connectivity index (χ0) is 15.3. The van der Waals surface area contributed by atoms with Crippen LogP contribution in [0.2, 0.25) is 5.02 Å². The molecule has 4 nitrogen and oxygen atoms in total. The van der Waals surface area contributed by atoms with Crippen LogP contribution < -0.4 is 10.5 Å². The van der Waals surface area contributed by atoms with E-state index in [2.05, 4.69) is 11.2 Å². The average Bonchev–Trinajstić information content (AvgIpc) is 3.09. The normalized spacial score (nSPS) is 16.8. The lowest BCUT2D eigenvalue weighted by Crippen LogP contribution is -2.24. The van der Waals surface area contributed by atoms with Crippen molar-refractivity contribution < 1.29 is 4.74 Å². The van der Waals surface area contributed by atoms with Crippen LogP contribution in [0.25, 0.3) is 22.2 Å². The van der Waals surface area contributed by atoms with E-state index in [0.29, 0.717) is 11.6 Å². The lowest BCUT2D eigenvalue weighted by atomic mass is 10.0. The molecule has 1 aliphatic heterocycles. The molecule has 0 fully saturated rings. The molecular weight excluding hydrogens is 298 g/mol. The molecule has 2 aromatic carbocycles. The molecule has 1 aliphatic rings. The monoisotopic (exact) mass is 313 g/mol. The number of benzene rings is 2. The van der Waals surface area contributed by atoms with Crippen LogP contribution in [-0.4, -0.2) is 22.4 Å². The Labute approximate surface area is 133 Å². The molecule has 2 N–H and O–H groups in total. The summed E-state index contributed by atoms with van der Waals surface area (Å²) in [6.07, 6.45) is 0.889. The Balaban J connectivity index is 1.97. The van der Waals surface area contributed by atoms with Gasteiger partial charge in [-0.2, -0.15) is 5.10 Å². The molecule has 0 aliphatic carbocycles. The second-order valence-electron chi connectivity index (χ2n) is 5.58. The van der Waals surface area contributed by atoms with E-state index < -0.39 is 0 Å². The Bertz CT molecular complexity index is 872. The highest BCUT2D eigenvalue weighted by molar-refractivity contribution is 6.36. The molecule has 1 aromatic heterocycles. The molecule has 0 radical (unpaired) electrons. The van der Waals surface area contributed by atoms with Crippen molar-refractivity contribution in [3.63, 3.8) is 0 Å². The minimum atomic E-state index is 0.0431. The summed E-state index contributed by atoms with van der Waals surface area (Å²) in [5.74, 6) is 0.887. The maximum Gasteiger partial charge on any atom is 0.132 e. The highest BCUT2D eigenvalue weighted by Gasteiger charge is 2.26. The second kappa shape index (κ2) is 5.00. The second-order valence-corrected chi connectivity index (χ2v) is 5.99. The van der Waals surface area contributed by atoms with E-state index in [1.165, 1.54) is 5.56 Å². The van der Waals surface area contributed by atoms with Gasteiger partial charge in [-0.3, -0.25) is 4.68 Å². The summed E-state index contributed by atoms with van der Waals surface area (Å²) in [7, 11) is 1.93. The molecule has 2 heterocycles. The molecule has 22 heavy (non-hydrogen) atoms. The lowest BCUT2D eigenvalue weighted by Gasteiger charge is -2.09. The van der Waals surface area contributed by atoms with Gasteiger partial charge < -0.3 is 10.5 Å². The predicted molar refractivity (Wildman–Crippen MR) is 88.3 cm³/mol. The van der Waals surface area contributed by atoms with E-state index in [-0.39, 0.29) is 6.10 Å². The first-order valence-corrected chi connectivity index (χ1v) is 7.67. The standard InChI is InChI=1S/C17H16ClN3O/c1-21-14-7-3-6-13(18)15(14)16(20-21)12-5-2-4-10-8-11(9-19)22-17(10)12/h2-7,11H,8-9,19H2,1H3/t11-/m0/s1. The third kappa shape index (κ3) is 1.91. The van der Waals surface area contributed by atoms with Crippen molar-refractivity contribution in [3.8, 4) is 17.0 Å². The van der Waals surface area contributed by atoms with E-state index in [0.717, 1.165) is 34.3 Å². The zero-order valence-corrected chi connectivity index (χ0v) is 13.0. The summed E-state index contributed by atoms with van der Waals surface area (Å²) < 4.78 is 7.87. The number of nitrogens with two attached hydrogens (primary N) is 1. The number of aryl methyl sites for hydroxylation is 1. The van der Waals surface area contributed by atoms with E-state index >= 15 is 0 Å². The number of ether oxygens (including phenoxy) is 1. The third-order valence-corrected chi connectivity index (χ3v) is 4.49. The molecule has 0 unspecified atom stereocenters. The Morgan fingerprint density at radius 3 is 2.95 bits per heavy atom. The van der Waals surface area contributed by atoms with Crippen LogP contribution in [0.3, 0.4) is 0 Å². The summed E-state index contributed by atoms with van der Waals surface area (Å²) in [6.45, 7) is 0.512. The highest BCUT2D eigenvalue weighted by atomic mass is 35.5. The van der Waals surface area contributed by atoms with Crippen LogP contribution in [0.15, 0.2) is 36.4 Å². The number of fused-ring (bicyclic) bond motifs is 2. The quantitative estimate of drug-likeness (QED) is 0.790. The topological polar surface area (TPSA) is 53.1 Å². The van der Waals surface area contributed by atoms with Crippen LogP contribution >= 0.6 is 11.6 Å². The number of aromatic nitrogens is 2. The van der Waals surface area contributed by atoms with Crippen molar-refractivity contribution in [1.82, 2.24) is 9.78 Å². The highest BCUT2D eigenvalue weighted by Crippen LogP contribution is 2.42. The average molecular weight is 314 g/mol. The first-order chi connectivity index (χ1) is 10.7. The molecule has 0 bridgehead atoms. The summed E-state index contributed by atoms with van der Waals surface area (Å²) in [5.41, 5.74) is 9.78. The Morgan fingerprint density at radius 2 is 2.14 bits per heavy atom. The van der Waals surface area contributed by atoms with E-state index in [1.807, 2.05) is 42.1 Å². The van der Waals surface area contributed by atoms with Gasteiger partial charge >= 0.3 is 0 Å². The van der Waals surface area contributed by atoms with Crippen LogP contribution in [0.4, 0.5) is 0 Å². The van der Waals surface area contributed by atoms with Gasteiger partial charge in [0.25, 0.3) is 0 Å². The van der Waals surface area contributed by atoms with Gasteiger partial charge in [-0.25, -0.2) is 0 Å². The molecule has 5 heteroatoms. The maximum absolute atomic E-state index is 6.42. The van der Waals surface area contributed by atoms with Crippen LogP contribution in [0.5, 0.6) is 5.75 Å². The predicted octanol–water partition coefficient (Wildman–Crippen LogP) is 3.16. The summed E-state index contributed by atoms with van der Waals surface area (Å²) in [5, 5.41) is 6.33. The van der Waals surface area contributed by atoms with Crippen molar-refractivity contribution in [2.45, 2.75) is 12.5 Å². The van der Waals surface area contributed by atoms with Gasteiger partial charge in [-0.05, 0) is 23.8 Å². The number of para-hydroxylation sites is 1. The summed E-state index contributed by atoms with van der Waals surface area (Å²) in [4.78, 5) is 0. The van der Waals surface area contributed by atoms with Crippen molar-refractivity contribution >= 4 is 22.5 Å². The minimum Gasteiger partial charge on any atom is -0.488 e. The SMILES string of the molecule is Cn1nc(-c2cccc3c2O[C@H](CN)C3)c2c(Cl)cccc21. The van der Waals surface area contributed by atoms with Gasteiger partial charge in [0.2, 0.25) is 0 Å². The molecule has 1 atom stereocenters. The number of hydrogen-bond acceptors (Lipinski definition) is 3. The van der Waals surface area contributed by atoms with Crippen molar-refractivity contribution in [3.05, 3.63) is 47.0 Å². The third-order valence-electron chi connectivity index (χ3n) is 4.17. The Morgan fingerprint density at radius 1 is 1.32 bits per heavy atom. The van der Waals surface area contributed by atoms with Gasteiger partial charge in [0, 0.05) is 31.0 Å². The fourth-order valence-electron chi connectivity index (χ4n) is 3.12. The van der Waals surface area contributed by atoms with Gasteiger partial charge in [0.05, 0.1) is 10.5 Å². The molecule has 0 saturated carbocycles. The summed E-state index contributed by atoms with van der Waals surface area (Å²) in [6, 6.07) is 12.0. The smallest absolute Gasteiger partial charge is 0.132 e. The van der Waals surface area contributed by atoms with Crippen LogP contribution in [0, 0.1) is 0 Å². The van der Waals surface area contributed by atoms with Crippen LogP contribution in [-0.2, 0) is 13.5 Å². The Hall–Kier alpha value is -2.04. The molecular formula is C17H16ClN3O. The molecule has 0 spiro atoms. The van der Waals surface area contributed by atoms with Gasteiger partial charge in [-0.1, -0.05) is 29.8 Å². The minimum absolute atomic E-state index is 0.0431. The number of rotatable bonds is 2. The first kappa shape index (κ1) is 13.6.